The Kier molecular flexibility index (Phi) is 5.02. The Balaban J connectivity index is 2.72. The van der Waals surface area contributed by atoms with Gasteiger partial charge in [-0.15, -0.1) is 0 Å². The minimum Gasteiger partial charge on any atom is -0.348 e. The summed E-state index contributed by atoms with van der Waals surface area (Å²) in [5.41, 5.74) is -0.791. The molecular formula is C11H11F6N2O2+. The molecule has 0 aromatic carbocycles. The molecule has 0 aliphatic rings. The number of amides is 1. The van der Waals surface area contributed by atoms with Gasteiger partial charge in [-0.2, -0.15) is 26.3 Å². The summed E-state index contributed by atoms with van der Waals surface area (Å²) in [5, 5.41) is 1.62. The number of pyridine rings is 1. The number of hydrogen-bond acceptors (Lipinski definition) is 2. The third-order valence-electron chi connectivity index (χ3n) is 2.42. The normalized spacial score (nSPS) is 12.1. The van der Waals surface area contributed by atoms with Gasteiger partial charge in [0, 0.05) is 22.9 Å². The fraction of sp³-hybridized carbons (Fsp3) is 0.455. The number of aromatic nitrogens is 1. The minimum absolute atomic E-state index is 0.0800. The summed E-state index contributed by atoms with van der Waals surface area (Å²) in [6.45, 7) is -0.368. The van der Waals surface area contributed by atoms with Gasteiger partial charge < -0.3 is 5.32 Å². The zero-order valence-electron chi connectivity index (χ0n) is 10.7. The molecule has 0 saturated carbocycles. The lowest BCUT2D eigenvalue weighted by atomic mass is 10.2. The van der Waals surface area contributed by atoms with E-state index in [1.807, 2.05) is 0 Å². The van der Waals surface area contributed by atoms with Crippen LogP contribution in [0.5, 0.6) is 0 Å². The summed E-state index contributed by atoms with van der Waals surface area (Å²) < 4.78 is 73.9. The first-order chi connectivity index (χ1) is 9.55. The Bertz CT molecular complexity index is 512. The van der Waals surface area contributed by atoms with Crippen LogP contribution in [0.3, 0.4) is 0 Å². The first-order valence-electron chi connectivity index (χ1n) is 5.57. The van der Waals surface area contributed by atoms with Crippen molar-refractivity contribution in [2.24, 2.45) is 0 Å². The third-order valence-corrected chi connectivity index (χ3v) is 2.42. The zero-order valence-corrected chi connectivity index (χ0v) is 10.7. The lowest BCUT2D eigenvalue weighted by molar-refractivity contribution is -0.896. The van der Waals surface area contributed by atoms with E-state index in [0.717, 1.165) is 25.4 Å². The van der Waals surface area contributed by atoms with Crippen molar-refractivity contribution in [2.45, 2.75) is 18.8 Å². The van der Waals surface area contributed by atoms with Gasteiger partial charge in [0.25, 0.3) is 0 Å². The second-order valence-corrected chi connectivity index (χ2v) is 3.93. The van der Waals surface area contributed by atoms with Gasteiger partial charge in [0.05, 0.1) is 0 Å². The second-order valence-electron chi connectivity index (χ2n) is 3.93. The average Bonchev–Trinajstić information content (AvgIpc) is 2.36. The number of carbonyl (C=O) groups is 1. The number of alkyl halides is 6. The molecule has 1 heterocycles. The molecule has 0 aliphatic carbocycles. The molecule has 1 aromatic heterocycles. The molecule has 1 amide bonds. The van der Waals surface area contributed by atoms with Crippen LogP contribution in [0.15, 0.2) is 18.3 Å². The van der Waals surface area contributed by atoms with Gasteiger partial charge in [0.2, 0.25) is 6.20 Å². The molecule has 0 atom stereocenters. The lowest BCUT2D eigenvalue weighted by Gasteiger charge is -2.08. The van der Waals surface area contributed by atoms with E-state index < -0.39 is 24.0 Å². The molecule has 1 N–H and O–H groups in total. The molecule has 10 heteroatoms. The maximum Gasteiger partial charge on any atom is 0.482 e. The van der Waals surface area contributed by atoms with Crippen molar-refractivity contribution < 1.29 is 40.7 Å². The van der Waals surface area contributed by atoms with Gasteiger partial charge in [-0.3, -0.25) is 9.63 Å². The highest BCUT2D eigenvalue weighted by molar-refractivity contribution is 5.81. The van der Waals surface area contributed by atoms with Crippen molar-refractivity contribution in [2.75, 3.05) is 13.7 Å². The number of halogens is 6. The van der Waals surface area contributed by atoms with Gasteiger partial charge in [-0.25, -0.2) is 0 Å². The fourth-order valence-corrected chi connectivity index (χ4v) is 1.46. The Morgan fingerprint density at radius 2 is 1.86 bits per heavy atom. The van der Waals surface area contributed by atoms with Crippen molar-refractivity contribution >= 4 is 5.91 Å². The molecule has 1 rings (SSSR count). The SMILES string of the molecule is CO[n+]1cc(CCNC(=O)C(F)(F)F)ccc1C(F)(F)F. The highest BCUT2D eigenvalue weighted by Crippen LogP contribution is 2.26. The standard InChI is InChI=1S/C11H10F6N2O2/c1-21-19-6-7(2-3-8(19)10(12,13)14)4-5-18-9(20)11(15,16)17/h2-3,6H,4-5H2,1H3/p+1. The molecule has 4 nitrogen and oxygen atoms in total. The van der Waals surface area contributed by atoms with Crippen molar-refractivity contribution in [3.8, 4) is 0 Å². The summed E-state index contributed by atoms with van der Waals surface area (Å²) >= 11 is 0. The molecule has 0 aliphatic heterocycles. The topological polar surface area (TPSA) is 42.2 Å². The van der Waals surface area contributed by atoms with Crippen molar-refractivity contribution in [1.82, 2.24) is 5.32 Å². The second kappa shape index (κ2) is 6.19. The van der Waals surface area contributed by atoms with Crippen LogP contribution in [0.4, 0.5) is 26.3 Å². The first-order valence-corrected chi connectivity index (χ1v) is 5.57. The Labute approximate surface area is 115 Å². The monoisotopic (exact) mass is 317 g/mol. The van der Waals surface area contributed by atoms with E-state index in [9.17, 15) is 31.1 Å². The van der Waals surface area contributed by atoms with Gasteiger partial charge in [0.15, 0.2) is 0 Å². The molecule has 0 saturated heterocycles. The largest absolute Gasteiger partial charge is 0.482 e. The van der Waals surface area contributed by atoms with Crippen molar-refractivity contribution in [3.63, 3.8) is 0 Å². The van der Waals surface area contributed by atoms with E-state index in [0.29, 0.717) is 4.73 Å². The molecule has 0 bridgehead atoms. The van der Waals surface area contributed by atoms with Gasteiger partial charge in [-0.05, 0) is 12.5 Å². The summed E-state index contributed by atoms with van der Waals surface area (Å²) in [6.07, 6.45) is -8.71. The summed E-state index contributed by atoms with van der Waals surface area (Å²) in [5.74, 6) is -2.10. The molecule has 21 heavy (non-hydrogen) atoms. The molecule has 0 fully saturated rings. The fourth-order valence-electron chi connectivity index (χ4n) is 1.46. The lowest BCUT2D eigenvalue weighted by Crippen LogP contribution is -2.47. The highest BCUT2D eigenvalue weighted by atomic mass is 19.4. The average molecular weight is 317 g/mol. The number of hydrogen-bond donors (Lipinski definition) is 1. The molecule has 0 radical (unpaired) electrons. The van der Waals surface area contributed by atoms with Crippen molar-refractivity contribution in [1.29, 1.82) is 0 Å². The van der Waals surface area contributed by atoms with Crippen LogP contribution in [0.25, 0.3) is 0 Å². The van der Waals surface area contributed by atoms with Crippen LogP contribution in [-0.4, -0.2) is 25.7 Å². The van der Waals surface area contributed by atoms with E-state index in [1.54, 1.807) is 5.32 Å². The Hall–Kier alpha value is -2.00. The number of nitrogens with zero attached hydrogens (tertiary/aromatic N) is 1. The number of nitrogens with one attached hydrogen (secondary N) is 1. The van der Waals surface area contributed by atoms with Gasteiger partial charge in [0.1, 0.15) is 7.11 Å². The smallest absolute Gasteiger partial charge is 0.348 e. The maximum atomic E-state index is 12.6. The predicted octanol–water partition coefficient (Wildman–Crippen LogP) is 1.27. The summed E-state index contributed by atoms with van der Waals surface area (Å²) in [6, 6.07) is 1.84. The maximum absolute atomic E-state index is 12.6. The van der Waals surface area contributed by atoms with E-state index in [1.165, 1.54) is 0 Å². The van der Waals surface area contributed by atoms with E-state index in [-0.39, 0.29) is 18.5 Å². The van der Waals surface area contributed by atoms with Crippen LogP contribution >= 0.6 is 0 Å². The Morgan fingerprint density at radius 1 is 1.24 bits per heavy atom. The number of rotatable bonds is 4. The minimum atomic E-state index is -4.99. The number of carbonyl (C=O) groups excluding carboxylic acids is 1. The van der Waals surface area contributed by atoms with Crippen molar-refractivity contribution in [3.05, 3.63) is 29.6 Å². The van der Waals surface area contributed by atoms with Crippen LogP contribution in [-0.2, 0) is 17.4 Å². The summed E-state index contributed by atoms with van der Waals surface area (Å²) in [4.78, 5) is 15.1. The van der Waals surface area contributed by atoms with E-state index in [4.69, 9.17) is 0 Å². The molecule has 1 aromatic rings. The zero-order chi connectivity index (χ0) is 16.3. The van der Waals surface area contributed by atoms with Gasteiger partial charge >= 0.3 is 24.0 Å². The van der Waals surface area contributed by atoms with Crippen LogP contribution in [0.1, 0.15) is 11.3 Å². The van der Waals surface area contributed by atoms with E-state index >= 15 is 0 Å². The first kappa shape index (κ1) is 17.1. The van der Waals surface area contributed by atoms with Gasteiger partial charge in [-0.1, -0.05) is 0 Å². The molecule has 118 valence electrons. The van der Waals surface area contributed by atoms with Crippen LogP contribution < -0.4 is 14.9 Å². The molecule has 0 unspecified atom stereocenters. The molecule has 0 spiro atoms. The van der Waals surface area contributed by atoms with E-state index in [2.05, 4.69) is 4.84 Å². The summed E-state index contributed by atoms with van der Waals surface area (Å²) in [7, 11) is 1.02. The quantitative estimate of drug-likeness (QED) is 0.671. The predicted molar refractivity (Wildman–Crippen MR) is 56.9 cm³/mol. The molecular weight excluding hydrogens is 306 g/mol. The van der Waals surface area contributed by atoms with Crippen LogP contribution in [0.2, 0.25) is 0 Å². The highest BCUT2D eigenvalue weighted by Gasteiger charge is 2.42. The van der Waals surface area contributed by atoms with Crippen LogP contribution in [0, 0.1) is 0 Å². The Morgan fingerprint density at radius 3 is 2.33 bits per heavy atom. The third kappa shape index (κ3) is 4.80.